The first-order valence-electron chi connectivity index (χ1n) is 11.8. The molecule has 2 atom stereocenters. The average Bonchev–Trinajstić information content (AvgIpc) is 3.62. The topological polar surface area (TPSA) is 89.0 Å². The Hall–Kier alpha value is -3.46. The molecule has 1 aliphatic carbocycles. The van der Waals surface area contributed by atoms with Gasteiger partial charge < -0.3 is 19.0 Å². The van der Waals surface area contributed by atoms with E-state index in [0.29, 0.717) is 48.6 Å². The molecule has 0 bridgehead atoms. The molecule has 5 heterocycles. The number of pyridine rings is 1. The third kappa shape index (κ3) is 3.79. The second-order valence-electron chi connectivity index (χ2n) is 9.55. The third-order valence-corrected chi connectivity index (χ3v) is 7.02. The maximum Gasteiger partial charge on any atom is 0.231 e. The van der Waals surface area contributed by atoms with Gasteiger partial charge >= 0.3 is 0 Å². The molecular formula is C25H28N6O3. The summed E-state index contributed by atoms with van der Waals surface area (Å²) in [5.41, 5.74) is 2.26. The Labute approximate surface area is 197 Å². The number of likely N-dealkylation sites (N-methyl/N-ethyl adjacent to an activating group) is 1. The maximum atomic E-state index is 11.5. The number of imidazole rings is 1. The van der Waals surface area contributed by atoms with Gasteiger partial charge in [-0.3, -0.25) is 4.79 Å². The third-order valence-electron chi connectivity index (χ3n) is 7.02. The van der Waals surface area contributed by atoms with Gasteiger partial charge in [0.15, 0.2) is 11.4 Å². The summed E-state index contributed by atoms with van der Waals surface area (Å²) in [5, 5.41) is 5.64. The highest BCUT2D eigenvalue weighted by Gasteiger charge is 2.27. The molecule has 1 saturated carbocycles. The van der Waals surface area contributed by atoms with Crippen molar-refractivity contribution in [1.29, 1.82) is 0 Å². The molecule has 34 heavy (non-hydrogen) atoms. The van der Waals surface area contributed by atoms with Crippen molar-refractivity contribution < 1.29 is 13.9 Å². The van der Waals surface area contributed by atoms with E-state index < -0.39 is 0 Å². The fraction of sp³-hybridized carbons (Fsp3) is 0.440. The summed E-state index contributed by atoms with van der Waals surface area (Å²) < 4.78 is 13.9. The van der Waals surface area contributed by atoms with Crippen molar-refractivity contribution in [3.05, 3.63) is 36.7 Å². The molecule has 0 N–H and O–H groups in total. The predicted octanol–water partition coefficient (Wildman–Crippen LogP) is 3.43. The lowest BCUT2D eigenvalue weighted by Gasteiger charge is -2.21. The number of Topliss-reactive ketones (excluding diaryl/α,β-unsaturated/α-hetero) is 1. The van der Waals surface area contributed by atoms with Crippen molar-refractivity contribution in [2.24, 2.45) is 5.92 Å². The smallest absolute Gasteiger partial charge is 0.231 e. The van der Waals surface area contributed by atoms with Crippen LogP contribution in [0, 0.1) is 5.92 Å². The van der Waals surface area contributed by atoms with Gasteiger partial charge in [-0.25, -0.2) is 14.5 Å². The number of hydrogen-bond acceptors (Lipinski definition) is 8. The largest absolute Gasteiger partial charge is 0.476 e. The Morgan fingerprint density at radius 3 is 2.91 bits per heavy atom. The molecule has 0 aromatic carbocycles. The van der Waals surface area contributed by atoms with Gasteiger partial charge in [0, 0.05) is 50.2 Å². The van der Waals surface area contributed by atoms with Crippen molar-refractivity contribution in [3.8, 4) is 17.3 Å². The van der Waals surface area contributed by atoms with Gasteiger partial charge in [-0.05, 0) is 45.1 Å². The van der Waals surface area contributed by atoms with Gasteiger partial charge in [-0.1, -0.05) is 0 Å². The van der Waals surface area contributed by atoms with Crippen LogP contribution in [0.2, 0.25) is 0 Å². The van der Waals surface area contributed by atoms with Crippen molar-refractivity contribution >= 4 is 28.2 Å². The quantitative estimate of drug-likeness (QED) is 0.432. The van der Waals surface area contributed by atoms with Crippen LogP contribution >= 0.6 is 0 Å². The highest BCUT2D eigenvalue weighted by Crippen LogP contribution is 2.34. The molecule has 1 saturated heterocycles. The van der Waals surface area contributed by atoms with Gasteiger partial charge in [0.2, 0.25) is 5.88 Å². The molecule has 0 amide bonds. The first-order valence-corrected chi connectivity index (χ1v) is 11.8. The molecule has 9 nitrogen and oxygen atoms in total. The van der Waals surface area contributed by atoms with E-state index in [-0.39, 0.29) is 5.92 Å². The summed E-state index contributed by atoms with van der Waals surface area (Å²) in [6.07, 6.45) is 6.83. The molecule has 6 rings (SSSR count). The summed E-state index contributed by atoms with van der Waals surface area (Å²) in [4.78, 5) is 25.3. The highest BCUT2D eigenvalue weighted by atomic mass is 16.5. The summed E-state index contributed by atoms with van der Waals surface area (Å²) >= 11 is 0. The molecule has 2 aliphatic rings. The van der Waals surface area contributed by atoms with Crippen LogP contribution < -0.4 is 9.64 Å². The first-order chi connectivity index (χ1) is 16.5. The number of carbonyl (C=O) groups excluding carboxylic acids is 1. The second kappa shape index (κ2) is 8.39. The number of nitrogens with zero attached hydrogens (tertiary/aromatic N) is 6. The lowest BCUT2D eigenvalue weighted by molar-refractivity contribution is -0.117. The van der Waals surface area contributed by atoms with Crippen LogP contribution in [0.1, 0.15) is 25.7 Å². The normalized spacial score (nSPS) is 20.9. The minimum atomic E-state index is 0.270. The van der Waals surface area contributed by atoms with E-state index in [0.717, 1.165) is 48.4 Å². The van der Waals surface area contributed by atoms with Gasteiger partial charge in [0.25, 0.3) is 0 Å². The molecule has 0 radical (unpaired) electrons. The van der Waals surface area contributed by atoms with Gasteiger partial charge in [0.05, 0.1) is 18.2 Å². The van der Waals surface area contributed by atoms with Crippen molar-refractivity contribution in [2.45, 2.75) is 31.7 Å². The average molecular weight is 461 g/mol. The SMILES string of the molecule is CN(C)[C@@H]1CCN(c2nccc3oc(-c4cnc5ccc(OC[C@H]6CCC(=O)C6)nn45)cc23)C1. The molecule has 4 aromatic rings. The van der Waals surface area contributed by atoms with E-state index in [9.17, 15) is 4.79 Å². The summed E-state index contributed by atoms with van der Waals surface area (Å²) in [5.74, 6) is 2.74. The van der Waals surface area contributed by atoms with Crippen molar-refractivity contribution in [2.75, 3.05) is 38.7 Å². The number of aromatic nitrogens is 4. The van der Waals surface area contributed by atoms with E-state index in [1.807, 2.05) is 24.3 Å². The second-order valence-corrected chi connectivity index (χ2v) is 9.55. The Kier molecular flexibility index (Phi) is 5.21. The lowest BCUT2D eigenvalue weighted by atomic mass is 10.1. The van der Waals surface area contributed by atoms with E-state index >= 15 is 0 Å². The number of carbonyl (C=O) groups is 1. The van der Waals surface area contributed by atoms with Crippen LogP contribution in [0.3, 0.4) is 0 Å². The molecule has 176 valence electrons. The number of anilines is 1. The molecule has 9 heteroatoms. The van der Waals surface area contributed by atoms with E-state index in [1.54, 1.807) is 16.9 Å². The minimum absolute atomic E-state index is 0.270. The van der Waals surface area contributed by atoms with E-state index in [1.165, 1.54) is 0 Å². The molecule has 2 fully saturated rings. The first kappa shape index (κ1) is 21.1. The minimum Gasteiger partial charge on any atom is -0.476 e. The lowest BCUT2D eigenvalue weighted by Crippen LogP contribution is -2.31. The van der Waals surface area contributed by atoms with Gasteiger partial charge in [-0.2, -0.15) is 0 Å². The zero-order chi connectivity index (χ0) is 23.2. The van der Waals surface area contributed by atoms with Gasteiger partial charge in [0.1, 0.15) is 22.9 Å². The van der Waals surface area contributed by atoms with Crippen LogP contribution in [0.5, 0.6) is 5.88 Å². The fourth-order valence-electron chi connectivity index (χ4n) is 5.02. The molecular weight excluding hydrogens is 432 g/mol. The molecule has 1 aliphatic heterocycles. The van der Waals surface area contributed by atoms with Gasteiger partial charge in [-0.15, -0.1) is 5.10 Å². The number of rotatable bonds is 6. The van der Waals surface area contributed by atoms with Crippen LogP contribution in [-0.4, -0.2) is 70.1 Å². The maximum absolute atomic E-state index is 11.5. The number of furan rings is 1. The number of fused-ring (bicyclic) bond motifs is 2. The Balaban J connectivity index is 1.29. The van der Waals surface area contributed by atoms with Crippen LogP contribution in [0.15, 0.2) is 41.1 Å². The van der Waals surface area contributed by atoms with Crippen LogP contribution in [0.4, 0.5) is 5.82 Å². The standard InChI is InChI=1S/C25H28N6O3/c1-29(2)17-8-10-30(14-17)25-19-12-22(34-21(19)7-9-26-25)20-13-27-23-5-6-24(28-31(20)23)33-15-16-3-4-18(32)11-16/h5-7,9,12-13,16-17H,3-4,8,10-11,14-15H2,1-2H3/t16-,17+/m0/s1. The predicted molar refractivity (Wildman–Crippen MR) is 128 cm³/mol. The highest BCUT2D eigenvalue weighted by molar-refractivity contribution is 5.92. The number of hydrogen-bond donors (Lipinski definition) is 0. The van der Waals surface area contributed by atoms with Crippen LogP contribution in [-0.2, 0) is 4.79 Å². The van der Waals surface area contributed by atoms with E-state index in [4.69, 9.17) is 9.15 Å². The fourth-order valence-corrected chi connectivity index (χ4v) is 5.02. The summed E-state index contributed by atoms with van der Waals surface area (Å²) in [6, 6.07) is 8.15. The van der Waals surface area contributed by atoms with Crippen LogP contribution in [0.25, 0.3) is 28.1 Å². The van der Waals surface area contributed by atoms with E-state index in [2.05, 4.69) is 39.0 Å². The zero-order valence-corrected chi connectivity index (χ0v) is 19.5. The number of ether oxygens (including phenoxy) is 1. The Morgan fingerprint density at radius 2 is 2.12 bits per heavy atom. The molecule has 4 aromatic heterocycles. The summed E-state index contributed by atoms with van der Waals surface area (Å²) in [7, 11) is 4.25. The zero-order valence-electron chi connectivity index (χ0n) is 19.5. The monoisotopic (exact) mass is 460 g/mol. The van der Waals surface area contributed by atoms with Crippen molar-refractivity contribution in [1.82, 2.24) is 24.5 Å². The summed E-state index contributed by atoms with van der Waals surface area (Å²) in [6.45, 7) is 2.42. The Bertz CT molecular complexity index is 1360. The Morgan fingerprint density at radius 1 is 1.21 bits per heavy atom. The van der Waals surface area contributed by atoms with Crippen molar-refractivity contribution in [3.63, 3.8) is 0 Å². The number of ketones is 1. The molecule has 0 spiro atoms. The molecule has 0 unspecified atom stereocenters.